The molecule has 1 saturated heterocycles. The predicted octanol–water partition coefficient (Wildman–Crippen LogP) is 5.36. The zero-order valence-corrected chi connectivity index (χ0v) is 20.4. The molecule has 1 amide bonds. The minimum Gasteiger partial charge on any atom is -0.493 e. The molecule has 0 bridgehead atoms. The third kappa shape index (κ3) is 5.17. The van der Waals surface area contributed by atoms with Crippen molar-refractivity contribution in [1.29, 1.82) is 0 Å². The number of aryl methyl sites for hydroxylation is 2. The molecule has 30 heavy (non-hydrogen) atoms. The monoisotopic (exact) mass is 507 g/mol. The maximum atomic E-state index is 12.2. The van der Waals surface area contributed by atoms with Crippen LogP contribution in [-0.4, -0.2) is 42.5 Å². The number of halogens is 1. The van der Waals surface area contributed by atoms with Gasteiger partial charge in [-0.15, -0.1) is 0 Å². The third-order valence-electron chi connectivity index (χ3n) is 4.45. The lowest BCUT2D eigenvalue weighted by molar-refractivity contribution is -0.121. The van der Waals surface area contributed by atoms with Crippen LogP contribution < -0.4 is 14.2 Å². The Labute approximate surface area is 194 Å². The summed E-state index contributed by atoms with van der Waals surface area (Å²) in [5.41, 5.74) is 3.10. The summed E-state index contributed by atoms with van der Waals surface area (Å²) in [5.74, 6) is 1.89. The number of thioether (sulfide) groups is 1. The summed E-state index contributed by atoms with van der Waals surface area (Å²) in [4.78, 5) is 14.3. The first-order chi connectivity index (χ1) is 14.3. The standard InChI is InChI=1S/C22H22BrNO4S2/c1-13-5-6-17(14(2)9-13)27-7-8-28-20-16(23)10-15(11-18(20)26-4)12-19-21(25)24(3)22(29)30-19/h5-6,9-12H,7-8H2,1-4H3/b19-12+. The van der Waals surface area contributed by atoms with Crippen molar-refractivity contribution < 1.29 is 19.0 Å². The molecule has 0 spiro atoms. The second kappa shape index (κ2) is 9.85. The van der Waals surface area contributed by atoms with E-state index in [1.165, 1.54) is 22.2 Å². The van der Waals surface area contributed by atoms with E-state index in [2.05, 4.69) is 28.9 Å². The molecule has 158 valence electrons. The largest absolute Gasteiger partial charge is 0.493 e. The molecule has 5 nitrogen and oxygen atoms in total. The van der Waals surface area contributed by atoms with Crippen LogP contribution in [0.4, 0.5) is 0 Å². The van der Waals surface area contributed by atoms with Crippen LogP contribution in [0.2, 0.25) is 0 Å². The van der Waals surface area contributed by atoms with E-state index in [1.807, 2.05) is 31.2 Å². The van der Waals surface area contributed by atoms with Gasteiger partial charge in [-0.05, 0) is 65.2 Å². The zero-order valence-electron chi connectivity index (χ0n) is 17.2. The normalized spacial score (nSPS) is 15.1. The molecule has 1 fully saturated rings. The van der Waals surface area contributed by atoms with Gasteiger partial charge >= 0.3 is 0 Å². The molecule has 0 unspecified atom stereocenters. The Hall–Kier alpha value is -2.03. The van der Waals surface area contributed by atoms with Crippen LogP contribution in [0.15, 0.2) is 39.7 Å². The number of nitrogens with zero attached hydrogens (tertiary/aromatic N) is 1. The van der Waals surface area contributed by atoms with Crippen LogP contribution in [0, 0.1) is 13.8 Å². The fourth-order valence-electron chi connectivity index (χ4n) is 2.92. The van der Waals surface area contributed by atoms with Crippen LogP contribution in [-0.2, 0) is 4.79 Å². The van der Waals surface area contributed by atoms with Gasteiger partial charge in [-0.25, -0.2) is 0 Å². The van der Waals surface area contributed by atoms with Gasteiger partial charge in [-0.1, -0.05) is 41.7 Å². The number of hydrogen-bond acceptors (Lipinski definition) is 6. The molecule has 0 aromatic heterocycles. The van der Waals surface area contributed by atoms with E-state index in [9.17, 15) is 4.79 Å². The van der Waals surface area contributed by atoms with Crippen molar-refractivity contribution in [1.82, 2.24) is 4.90 Å². The number of rotatable bonds is 7. The fraction of sp³-hybridized carbons (Fsp3) is 0.273. The molecule has 3 rings (SSSR count). The highest BCUT2D eigenvalue weighted by Crippen LogP contribution is 2.39. The van der Waals surface area contributed by atoms with Crippen LogP contribution in [0.3, 0.4) is 0 Å². The van der Waals surface area contributed by atoms with E-state index in [0.29, 0.717) is 33.9 Å². The van der Waals surface area contributed by atoms with E-state index in [4.69, 9.17) is 26.4 Å². The van der Waals surface area contributed by atoms with Crippen molar-refractivity contribution in [3.63, 3.8) is 0 Å². The Bertz CT molecular complexity index is 1020. The van der Waals surface area contributed by atoms with Gasteiger partial charge in [0.25, 0.3) is 5.91 Å². The summed E-state index contributed by atoms with van der Waals surface area (Å²) in [6, 6.07) is 9.78. The Kier molecular flexibility index (Phi) is 7.44. The number of carbonyl (C=O) groups excluding carboxylic acids is 1. The number of amides is 1. The lowest BCUT2D eigenvalue weighted by Gasteiger charge is -2.15. The molecule has 2 aromatic rings. The van der Waals surface area contributed by atoms with Crippen molar-refractivity contribution in [2.75, 3.05) is 27.4 Å². The first-order valence-corrected chi connectivity index (χ1v) is 11.2. The zero-order chi connectivity index (χ0) is 21.8. The molecule has 8 heteroatoms. The van der Waals surface area contributed by atoms with Crippen LogP contribution in [0.25, 0.3) is 6.08 Å². The minimum atomic E-state index is -0.107. The van der Waals surface area contributed by atoms with Gasteiger partial charge in [0.2, 0.25) is 0 Å². The Morgan fingerprint density at radius 1 is 1.13 bits per heavy atom. The molecular weight excluding hydrogens is 486 g/mol. The molecule has 0 atom stereocenters. The van der Waals surface area contributed by atoms with E-state index in [-0.39, 0.29) is 5.91 Å². The lowest BCUT2D eigenvalue weighted by Crippen LogP contribution is -2.22. The summed E-state index contributed by atoms with van der Waals surface area (Å²) in [7, 11) is 3.25. The second-order valence-electron chi connectivity index (χ2n) is 6.74. The summed E-state index contributed by atoms with van der Waals surface area (Å²) in [6.45, 7) is 4.83. The molecule has 0 aliphatic carbocycles. The average molecular weight is 508 g/mol. The highest BCUT2D eigenvalue weighted by atomic mass is 79.9. The smallest absolute Gasteiger partial charge is 0.265 e. The molecule has 0 N–H and O–H groups in total. The number of ether oxygens (including phenoxy) is 3. The van der Waals surface area contributed by atoms with Crippen molar-refractivity contribution in [3.8, 4) is 17.2 Å². The molecule has 0 saturated carbocycles. The number of hydrogen-bond donors (Lipinski definition) is 0. The second-order valence-corrected chi connectivity index (χ2v) is 9.27. The maximum Gasteiger partial charge on any atom is 0.265 e. The molecule has 1 aliphatic heterocycles. The van der Waals surface area contributed by atoms with Gasteiger partial charge in [-0.2, -0.15) is 0 Å². The highest BCUT2D eigenvalue weighted by Gasteiger charge is 2.28. The number of carbonyl (C=O) groups is 1. The average Bonchev–Trinajstić information content (AvgIpc) is 2.94. The molecular formula is C22H22BrNO4S2. The summed E-state index contributed by atoms with van der Waals surface area (Å²) < 4.78 is 18.5. The van der Waals surface area contributed by atoms with Gasteiger partial charge in [0.15, 0.2) is 11.5 Å². The highest BCUT2D eigenvalue weighted by molar-refractivity contribution is 9.10. The third-order valence-corrected chi connectivity index (χ3v) is 6.53. The van der Waals surface area contributed by atoms with Gasteiger partial charge in [0.05, 0.1) is 16.5 Å². The van der Waals surface area contributed by atoms with Gasteiger partial charge < -0.3 is 14.2 Å². The predicted molar refractivity (Wildman–Crippen MR) is 129 cm³/mol. The first kappa shape index (κ1) is 22.7. The Balaban J connectivity index is 1.68. The molecule has 1 aliphatic rings. The van der Waals surface area contributed by atoms with Gasteiger partial charge in [-0.3, -0.25) is 9.69 Å². The van der Waals surface area contributed by atoms with E-state index in [1.54, 1.807) is 20.2 Å². The van der Waals surface area contributed by atoms with Crippen molar-refractivity contribution in [2.24, 2.45) is 0 Å². The molecule has 1 heterocycles. The van der Waals surface area contributed by atoms with Gasteiger partial charge in [0, 0.05) is 7.05 Å². The number of likely N-dealkylation sites (N-methyl/N-ethyl adjacent to an activating group) is 1. The minimum absolute atomic E-state index is 0.107. The van der Waals surface area contributed by atoms with Crippen LogP contribution in [0.1, 0.15) is 16.7 Å². The fourth-order valence-corrected chi connectivity index (χ4v) is 4.67. The summed E-state index contributed by atoms with van der Waals surface area (Å²) >= 11 is 10.0. The van der Waals surface area contributed by atoms with E-state index in [0.717, 1.165) is 21.3 Å². The number of thiocarbonyl (C=S) groups is 1. The lowest BCUT2D eigenvalue weighted by atomic mass is 10.1. The maximum absolute atomic E-state index is 12.2. The van der Waals surface area contributed by atoms with Crippen molar-refractivity contribution in [2.45, 2.75) is 13.8 Å². The Morgan fingerprint density at radius 3 is 2.50 bits per heavy atom. The van der Waals surface area contributed by atoms with E-state index >= 15 is 0 Å². The summed E-state index contributed by atoms with van der Waals surface area (Å²) in [6.07, 6.45) is 1.79. The number of benzene rings is 2. The molecule has 0 radical (unpaired) electrons. The van der Waals surface area contributed by atoms with E-state index < -0.39 is 0 Å². The van der Waals surface area contributed by atoms with Crippen LogP contribution >= 0.6 is 39.9 Å². The van der Waals surface area contributed by atoms with Crippen LogP contribution in [0.5, 0.6) is 17.2 Å². The number of methoxy groups -OCH3 is 1. The van der Waals surface area contributed by atoms with Crippen molar-refractivity contribution in [3.05, 3.63) is 56.4 Å². The first-order valence-electron chi connectivity index (χ1n) is 9.22. The van der Waals surface area contributed by atoms with Gasteiger partial charge in [0.1, 0.15) is 23.3 Å². The van der Waals surface area contributed by atoms with Crippen molar-refractivity contribution >= 4 is 56.2 Å². The Morgan fingerprint density at radius 2 is 1.87 bits per heavy atom. The summed E-state index contributed by atoms with van der Waals surface area (Å²) in [5, 5.41) is 0. The quantitative estimate of drug-likeness (QED) is 0.285. The molecule has 2 aromatic carbocycles. The topological polar surface area (TPSA) is 48.0 Å². The SMILES string of the molecule is COc1cc(/C=C2/SC(=S)N(C)C2=O)cc(Br)c1OCCOc1ccc(C)cc1C.